The zero-order valence-corrected chi connectivity index (χ0v) is 12.0. The van der Waals surface area contributed by atoms with Gasteiger partial charge in [0.25, 0.3) is 5.91 Å². The van der Waals surface area contributed by atoms with E-state index in [2.05, 4.69) is 11.4 Å². The highest BCUT2D eigenvalue weighted by molar-refractivity contribution is 5.96. The number of nitrogens with zero attached hydrogens (tertiary/aromatic N) is 2. The Balaban J connectivity index is 3.00. The summed E-state index contributed by atoms with van der Waals surface area (Å²) in [6.45, 7) is 6.33. The van der Waals surface area contributed by atoms with Crippen LogP contribution in [-0.2, 0) is 0 Å². The average Bonchev–Trinajstić information content (AvgIpc) is 2.38. The van der Waals surface area contributed by atoms with Crippen LogP contribution in [0.3, 0.4) is 0 Å². The fraction of sp³-hybridized carbons (Fsp3) is 0.467. The standard InChI is InChI=1S/C15H21N3O/c1-11(2)18(9-5-8-16)15(19)14-7-6-13(17-4)10-12(14)3/h6-7,10-11,17H,5,9H2,1-4H3. The van der Waals surface area contributed by atoms with Crippen LogP contribution in [0.1, 0.15) is 36.2 Å². The van der Waals surface area contributed by atoms with Crippen molar-refractivity contribution in [3.63, 3.8) is 0 Å². The lowest BCUT2D eigenvalue weighted by Gasteiger charge is -2.26. The maximum absolute atomic E-state index is 12.5. The van der Waals surface area contributed by atoms with Crippen molar-refractivity contribution in [3.05, 3.63) is 29.3 Å². The molecule has 4 nitrogen and oxygen atoms in total. The van der Waals surface area contributed by atoms with Crippen molar-refractivity contribution in [2.75, 3.05) is 18.9 Å². The second kappa shape index (κ2) is 6.79. The van der Waals surface area contributed by atoms with Crippen LogP contribution in [-0.4, -0.2) is 30.4 Å². The molecule has 0 radical (unpaired) electrons. The smallest absolute Gasteiger partial charge is 0.254 e. The van der Waals surface area contributed by atoms with Gasteiger partial charge >= 0.3 is 0 Å². The van der Waals surface area contributed by atoms with E-state index in [9.17, 15) is 4.79 Å². The van der Waals surface area contributed by atoms with Gasteiger partial charge in [-0.3, -0.25) is 4.79 Å². The Kier molecular flexibility index (Phi) is 5.37. The first-order chi connectivity index (χ1) is 9.01. The zero-order chi connectivity index (χ0) is 14.4. The first-order valence-corrected chi connectivity index (χ1v) is 6.47. The summed E-state index contributed by atoms with van der Waals surface area (Å²) in [5, 5.41) is 11.7. The van der Waals surface area contributed by atoms with Crippen LogP contribution in [0, 0.1) is 18.3 Å². The molecule has 0 fully saturated rings. The minimum Gasteiger partial charge on any atom is -0.388 e. The van der Waals surface area contributed by atoms with Crippen LogP contribution in [0.15, 0.2) is 18.2 Å². The van der Waals surface area contributed by atoms with Gasteiger partial charge in [0, 0.05) is 30.9 Å². The highest BCUT2D eigenvalue weighted by atomic mass is 16.2. The lowest BCUT2D eigenvalue weighted by atomic mass is 10.1. The van der Waals surface area contributed by atoms with E-state index in [-0.39, 0.29) is 11.9 Å². The van der Waals surface area contributed by atoms with Gasteiger partial charge in [-0.15, -0.1) is 0 Å². The highest BCUT2D eigenvalue weighted by Gasteiger charge is 2.19. The van der Waals surface area contributed by atoms with Crippen LogP contribution >= 0.6 is 0 Å². The Morgan fingerprint density at radius 2 is 2.16 bits per heavy atom. The molecule has 0 saturated carbocycles. The minimum absolute atomic E-state index is 0.00889. The summed E-state index contributed by atoms with van der Waals surface area (Å²) in [5.74, 6) is -0.00889. The molecule has 0 heterocycles. The van der Waals surface area contributed by atoms with E-state index in [4.69, 9.17) is 5.26 Å². The van der Waals surface area contributed by atoms with E-state index in [0.717, 1.165) is 11.3 Å². The van der Waals surface area contributed by atoms with Gasteiger partial charge in [-0.25, -0.2) is 0 Å². The molecule has 0 aliphatic heterocycles. The Morgan fingerprint density at radius 1 is 1.47 bits per heavy atom. The van der Waals surface area contributed by atoms with Crippen molar-refractivity contribution in [2.24, 2.45) is 0 Å². The number of hydrogen-bond donors (Lipinski definition) is 1. The number of aryl methyl sites for hydroxylation is 1. The van der Waals surface area contributed by atoms with Crippen molar-refractivity contribution < 1.29 is 4.79 Å². The predicted molar refractivity (Wildman–Crippen MR) is 77.1 cm³/mol. The summed E-state index contributed by atoms with van der Waals surface area (Å²) in [4.78, 5) is 14.2. The molecule has 0 saturated heterocycles. The number of hydrogen-bond acceptors (Lipinski definition) is 3. The number of rotatable bonds is 5. The SMILES string of the molecule is CNc1ccc(C(=O)N(CCC#N)C(C)C)c(C)c1. The summed E-state index contributed by atoms with van der Waals surface area (Å²) < 4.78 is 0. The number of carbonyl (C=O) groups is 1. The molecular weight excluding hydrogens is 238 g/mol. The predicted octanol–water partition coefficient (Wildman–Crippen LogP) is 2.80. The first kappa shape index (κ1) is 15.0. The van der Waals surface area contributed by atoms with E-state index in [1.807, 2.05) is 46.0 Å². The van der Waals surface area contributed by atoms with Crippen molar-refractivity contribution in [1.29, 1.82) is 5.26 Å². The number of nitrogens with one attached hydrogen (secondary N) is 1. The fourth-order valence-electron chi connectivity index (χ4n) is 1.98. The average molecular weight is 259 g/mol. The van der Waals surface area contributed by atoms with Crippen molar-refractivity contribution in [3.8, 4) is 6.07 Å². The molecule has 1 rings (SSSR count). The van der Waals surface area contributed by atoms with Crippen molar-refractivity contribution in [2.45, 2.75) is 33.2 Å². The zero-order valence-electron chi connectivity index (χ0n) is 12.0. The molecule has 0 atom stereocenters. The third-order valence-corrected chi connectivity index (χ3v) is 3.09. The molecule has 4 heteroatoms. The molecule has 0 spiro atoms. The Hall–Kier alpha value is -2.02. The molecule has 0 aromatic heterocycles. The largest absolute Gasteiger partial charge is 0.388 e. The molecule has 0 aliphatic carbocycles. The summed E-state index contributed by atoms with van der Waals surface area (Å²) in [6.07, 6.45) is 0.359. The number of anilines is 1. The molecule has 0 aliphatic rings. The van der Waals surface area contributed by atoms with Gasteiger partial charge in [0.1, 0.15) is 0 Å². The first-order valence-electron chi connectivity index (χ1n) is 6.47. The number of benzene rings is 1. The summed E-state index contributed by atoms with van der Waals surface area (Å²) in [7, 11) is 1.85. The van der Waals surface area contributed by atoms with Gasteiger partial charge < -0.3 is 10.2 Å². The van der Waals surface area contributed by atoms with E-state index in [1.54, 1.807) is 4.90 Å². The van der Waals surface area contributed by atoms with E-state index in [0.29, 0.717) is 18.5 Å². The van der Waals surface area contributed by atoms with E-state index in [1.165, 1.54) is 0 Å². The van der Waals surface area contributed by atoms with Crippen LogP contribution in [0.2, 0.25) is 0 Å². The number of carbonyl (C=O) groups excluding carboxylic acids is 1. The summed E-state index contributed by atoms with van der Waals surface area (Å²) >= 11 is 0. The summed E-state index contributed by atoms with van der Waals surface area (Å²) in [6, 6.07) is 7.86. The van der Waals surface area contributed by atoms with Gasteiger partial charge in [-0.05, 0) is 44.5 Å². The van der Waals surface area contributed by atoms with E-state index < -0.39 is 0 Å². The van der Waals surface area contributed by atoms with Gasteiger partial charge in [0.2, 0.25) is 0 Å². The topological polar surface area (TPSA) is 56.1 Å². The Bertz CT molecular complexity index is 489. The van der Waals surface area contributed by atoms with Crippen molar-refractivity contribution >= 4 is 11.6 Å². The van der Waals surface area contributed by atoms with Gasteiger partial charge in [-0.2, -0.15) is 5.26 Å². The third-order valence-electron chi connectivity index (χ3n) is 3.09. The molecule has 102 valence electrons. The van der Waals surface area contributed by atoms with Crippen LogP contribution < -0.4 is 5.32 Å². The second-order valence-corrected chi connectivity index (χ2v) is 4.78. The molecular formula is C15H21N3O. The van der Waals surface area contributed by atoms with E-state index >= 15 is 0 Å². The molecule has 19 heavy (non-hydrogen) atoms. The molecule has 0 bridgehead atoms. The van der Waals surface area contributed by atoms with Crippen LogP contribution in [0.25, 0.3) is 0 Å². The maximum Gasteiger partial charge on any atom is 0.254 e. The molecule has 0 unspecified atom stereocenters. The monoisotopic (exact) mass is 259 g/mol. The lowest BCUT2D eigenvalue weighted by molar-refractivity contribution is 0.0709. The maximum atomic E-state index is 12.5. The molecule has 1 N–H and O–H groups in total. The second-order valence-electron chi connectivity index (χ2n) is 4.78. The number of amides is 1. The normalized spacial score (nSPS) is 10.1. The van der Waals surface area contributed by atoms with Gasteiger partial charge in [0.05, 0.1) is 12.5 Å². The minimum atomic E-state index is -0.00889. The third kappa shape index (κ3) is 3.72. The van der Waals surface area contributed by atoms with Gasteiger partial charge in [-0.1, -0.05) is 0 Å². The highest BCUT2D eigenvalue weighted by Crippen LogP contribution is 2.18. The molecule has 1 aromatic carbocycles. The quantitative estimate of drug-likeness (QED) is 0.884. The van der Waals surface area contributed by atoms with Gasteiger partial charge in [0.15, 0.2) is 0 Å². The number of nitriles is 1. The lowest BCUT2D eigenvalue weighted by Crippen LogP contribution is -2.38. The van der Waals surface area contributed by atoms with Crippen molar-refractivity contribution in [1.82, 2.24) is 4.90 Å². The molecule has 1 amide bonds. The van der Waals surface area contributed by atoms with Crippen LogP contribution in [0.5, 0.6) is 0 Å². The summed E-state index contributed by atoms with van der Waals surface area (Å²) in [5.41, 5.74) is 2.63. The Morgan fingerprint density at radius 3 is 2.63 bits per heavy atom. The fourth-order valence-corrected chi connectivity index (χ4v) is 1.98. The van der Waals surface area contributed by atoms with Crippen LogP contribution in [0.4, 0.5) is 5.69 Å². The molecule has 1 aromatic rings. The Labute approximate surface area is 115 Å².